The Balaban J connectivity index is 1.23. The minimum absolute atomic E-state index is 0.0540. The zero-order chi connectivity index (χ0) is 46.7. The van der Waals surface area contributed by atoms with Crippen LogP contribution in [0.5, 0.6) is 0 Å². The van der Waals surface area contributed by atoms with Gasteiger partial charge in [0.25, 0.3) is 0 Å². The summed E-state index contributed by atoms with van der Waals surface area (Å²) in [6, 6.07) is 0. The number of rotatable bonds is 31. The zero-order valence-electron chi connectivity index (χ0n) is 41.6. The van der Waals surface area contributed by atoms with E-state index in [-0.39, 0.29) is 34.5 Å². The van der Waals surface area contributed by atoms with Crippen LogP contribution in [0.25, 0.3) is 0 Å². The van der Waals surface area contributed by atoms with Crippen LogP contribution in [-0.4, -0.2) is 105 Å². The number of carbonyl (C=O) groups excluding carboxylic acids is 1. The lowest BCUT2D eigenvalue weighted by Crippen LogP contribution is -2.63. The maximum Gasteiger partial charge on any atom is 0.222 e. The van der Waals surface area contributed by atoms with Crippen molar-refractivity contribution < 1.29 is 24.2 Å². The van der Waals surface area contributed by atoms with Crippen LogP contribution >= 0.6 is 0 Å². The molecule has 0 aliphatic heterocycles. The van der Waals surface area contributed by atoms with Crippen LogP contribution in [0, 0.1) is 51.7 Å². The zero-order valence-corrected chi connectivity index (χ0v) is 41.6. The number of hydrogen-bond acceptors (Lipinski definition) is 11. The normalized spacial score (nSPS) is 31.9. The first-order valence-corrected chi connectivity index (χ1v) is 26.7. The molecule has 4 fully saturated rings. The quantitative estimate of drug-likeness (QED) is 0.0170. The van der Waals surface area contributed by atoms with E-state index in [0.717, 1.165) is 116 Å². The van der Waals surface area contributed by atoms with Gasteiger partial charge < -0.3 is 46.8 Å². The molecule has 0 saturated heterocycles. The van der Waals surface area contributed by atoms with Gasteiger partial charge >= 0.3 is 0 Å². The van der Waals surface area contributed by atoms with Crippen LogP contribution < -0.4 is 22.5 Å². The second kappa shape index (κ2) is 27.6. The molecule has 1 amide bonds. The second-order valence-electron chi connectivity index (χ2n) is 21.3. The number of carbonyl (C=O) groups is 1. The molecule has 0 radical (unpaired) electrons. The molecule has 4 saturated carbocycles. The van der Waals surface area contributed by atoms with Crippen molar-refractivity contribution >= 4 is 17.3 Å². The van der Waals surface area contributed by atoms with Crippen molar-refractivity contribution in [2.75, 3.05) is 59.1 Å². The molecular weight excluding hydrogens is 815 g/mol. The Morgan fingerprint density at radius 3 is 2.29 bits per heavy atom. The lowest BCUT2D eigenvalue weighted by molar-refractivity contribution is -0.227. The summed E-state index contributed by atoms with van der Waals surface area (Å²) in [7, 11) is 0. The number of allylic oxidation sites excluding steroid dienone is 4. The molecule has 0 spiro atoms. The summed E-state index contributed by atoms with van der Waals surface area (Å²) in [5, 5.41) is 23.9. The van der Waals surface area contributed by atoms with Gasteiger partial charge in [-0.05, 0) is 169 Å². The van der Waals surface area contributed by atoms with Crippen LogP contribution in [0.15, 0.2) is 29.1 Å². The van der Waals surface area contributed by atoms with E-state index in [2.05, 4.69) is 43.1 Å². The molecule has 5 aliphatic carbocycles. The third kappa shape index (κ3) is 14.1. The fraction of sp³-hybridized carbons (Fsp3) is 0.868. The van der Waals surface area contributed by atoms with Crippen LogP contribution in [0.4, 0.5) is 0 Å². The predicted octanol–water partition coefficient (Wildman–Crippen LogP) is 9.13. The van der Waals surface area contributed by atoms with Gasteiger partial charge in [0.1, 0.15) is 11.4 Å². The fourth-order valence-corrected chi connectivity index (χ4v) is 13.6. The van der Waals surface area contributed by atoms with Crippen molar-refractivity contribution in [2.24, 2.45) is 68.7 Å². The number of nitrogens with one attached hydrogen (secondary N) is 2. The molecule has 372 valence electrons. The van der Waals surface area contributed by atoms with Crippen molar-refractivity contribution in [1.29, 1.82) is 5.41 Å². The lowest BCUT2D eigenvalue weighted by atomic mass is 9.43. The van der Waals surface area contributed by atoms with Gasteiger partial charge in [-0.1, -0.05) is 77.5 Å². The van der Waals surface area contributed by atoms with Gasteiger partial charge in [0.05, 0.1) is 24.0 Å². The Kier molecular flexibility index (Phi) is 22.8. The molecule has 12 nitrogen and oxygen atoms in total. The lowest BCUT2D eigenvalue weighted by Gasteiger charge is -2.65. The largest absolute Gasteiger partial charge is 0.410 e. The first kappa shape index (κ1) is 53.6. The molecule has 0 aromatic rings. The third-order valence-corrected chi connectivity index (χ3v) is 17.2. The Morgan fingerprint density at radius 1 is 0.862 bits per heavy atom. The Morgan fingerprint density at radius 2 is 1.55 bits per heavy atom. The van der Waals surface area contributed by atoms with E-state index in [9.17, 15) is 4.79 Å². The minimum Gasteiger partial charge on any atom is -0.410 e. The summed E-state index contributed by atoms with van der Waals surface area (Å²) in [6.07, 6.45) is 29.6. The van der Waals surface area contributed by atoms with E-state index in [4.69, 9.17) is 42.0 Å². The van der Waals surface area contributed by atoms with Gasteiger partial charge in [0.15, 0.2) is 0 Å². The van der Waals surface area contributed by atoms with Crippen molar-refractivity contribution in [3.8, 4) is 0 Å². The monoisotopic (exact) mass is 910 g/mol. The predicted molar refractivity (Wildman–Crippen MR) is 265 cm³/mol. The van der Waals surface area contributed by atoms with Crippen LogP contribution in [0.2, 0.25) is 0 Å². The standard InChI is InChI=1S/C53H95N7O5/c1-5-6-7-8-9-13-31-60(49(61)22-11-10-12-30-58-45-20-14-21-46(59-62)51(45)57)32-15-19-39(2)42-23-24-43-50-44(38-48(53(42,43)4)65-35-18-29-56)52(3)26-25-41(63-33-16-27-54)36-40(52)37-47(50)64-34-17-28-55/h14,20-21,39-44,47-48,50,57-58,62H,5-13,15-19,22-38,54-56H2,1-4H3/b57-51?,59-46-/t39-,40?,41-,42?,43+,44+,47-,48+,50?,52?,53?/m1/s1. The first-order valence-electron chi connectivity index (χ1n) is 26.7. The van der Waals surface area contributed by atoms with Crippen LogP contribution in [0.3, 0.4) is 0 Å². The molecule has 0 heterocycles. The summed E-state index contributed by atoms with van der Waals surface area (Å²) < 4.78 is 20.6. The minimum atomic E-state index is 0.0540. The molecule has 12 heteroatoms. The van der Waals surface area contributed by atoms with Gasteiger partial charge in [-0.2, -0.15) is 0 Å². The van der Waals surface area contributed by atoms with Gasteiger partial charge in [-0.15, -0.1) is 0 Å². The summed E-state index contributed by atoms with van der Waals surface area (Å²) in [5.41, 5.74) is 19.4. The van der Waals surface area contributed by atoms with E-state index in [1.165, 1.54) is 51.4 Å². The molecular formula is C53H95N7O5. The fourth-order valence-electron chi connectivity index (χ4n) is 13.6. The summed E-state index contributed by atoms with van der Waals surface area (Å²) >= 11 is 0. The van der Waals surface area contributed by atoms with Gasteiger partial charge in [0, 0.05) is 51.3 Å². The van der Waals surface area contributed by atoms with E-state index in [0.29, 0.717) is 85.8 Å². The first-order chi connectivity index (χ1) is 31.6. The van der Waals surface area contributed by atoms with Crippen molar-refractivity contribution in [2.45, 2.75) is 187 Å². The van der Waals surface area contributed by atoms with Crippen LogP contribution in [0.1, 0.15) is 169 Å². The van der Waals surface area contributed by atoms with Crippen LogP contribution in [-0.2, 0) is 19.0 Å². The number of fused-ring (bicyclic) bond motifs is 5. The van der Waals surface area contributed by atoms with E-state index in [1.807, 2.05) is 6.08 Å². The Bertz CT molecular complexity index is 1520. The molecule has 0 aromatic heterocycles. The highest BCUT2D eigenvalue weighted by molar-refractivity contribution is 6.51. The highest BCUT2D eigenvalue weighted by Crippen LogP contribution is 2.69. The number of amides is 1. The van der Waals surface area contributed by atoms with Gasteiger partial charge in [-0.25, -0.2) is 0 Å². The number of nitrogens with two attached hydrogens (primary N) is 3. The molecule has 5 aliphatic rings. The number of nitrogens with zero attached hydrogens (tertiary/aromatic N) is 2. The highest BCUT2D eigenvalue weighted by atomic mass is 16.5. The third-order valence-electron chi connectivity index (χ3n) is 17.2. The smallest absolute Gasteiger partial charge is 0.222 e. The van der Waals surface area contributed by atoms with Gasteiger partial charge in [-0.3, -0.25) is 10.2 Å². The summed E-state index contributed by atoms with van der Waals surface area (Å²) in [5.74, 6) is 3.58. The summed E-state index contributed by atoms with van der Waals surface area (Å²) in [4.78, 5) is 16.1. The van der Waals surface area contributed by atoms with Crippen molar-refractivity contribution in [1.82, 2.24) is 10.2 Å². The van der Waals surface area contributed by atoms with E-state index in [1.54, 1.807) is 12.2 Å². The average Bonchev–Trinajstić information content (AvgIpc) is 3.67. The van der Waals surface area contributed by atoms with E-state index < -0.39 is 0 Å². The molecule has 0 bridgehead atoms. The van der Waals surface area contributed by atoms with Crippen molar-refractivity contribution in [3.63, 3.8) is 0 Å². The number of hydrogen-bond donors (Lipinski definition) is 6. The van der Waals surface area contributed by atoms with Crippen molar-refractivity contribution in [3.05, 3.63) is 23.9 Å². The number of ether oxygens (including phenoxy) is 3. The molecule has 9 N–H and O–H groups in total. The molecule has 5 rings (SSSR count). The maximum absolute atomic E-state index is 13.9. The number of oxime groups is 1. The Hall–Kier alpha value is -2.35. The SMILES string of the molecule is CCCCCCCCN(CCC[C@@H](C)C1CC[C@H]2C3[C@H](OCCCN)CC4C[C@H](OCCCN)CCC4(C)[C@H]3C[C@H](OCCCN)C12C)C(=O)CCCCCNC1=CC=C/C(=N/O)C1=N. The molecule has 11 atom stereocenters. The Labute approximate surface area is 394 Å². The summed E-state index contributed by atoms with van der Waals surface area (Å²) in [6.45, 7) is 16.6. The topological polar surface area (TPSA) is 195 Å². The molecule has 0 aromatic carbocycles. The molecule has 5 unspecified atom stereocenters. The maximum atomic E-state index is 13.9. The van der Waals surface area contributed by atoms with E-state index >= 15 is 0 Å². The van der Waals surface area contributed by atoms with Gasteiger partial charge in [0.2, 0.25) is 5.91 Å². The molecule has 65 heavy (non-hydrogen) atoms. The second-order valence-corrected chi connectivity index (χ2v) is 21.3. The number of unbranched alkanes of at least 4 members (excludes halogenated alkanes) is 7. The highest BCUT2D eigenvalue weighted by Gasteiger charge is 2.66. The average molecular weight is 910 g/mol.